The molecule has 7 heteroatoms. The van der Waals surface area contributed by atoms with E-state index in [-0.39, 0.29) is 11.9 Å². The number of imidazole rings is 1. The van der Waals surface area contributed by atoms with E-state index in [1.165, 1.54) is 19.3 Å². The Labute approximate surface area is 153 Å². The van der Waals surface area contributed by atoms with E-state index in [4.69, 9.17) is 0 Å². The van der Waals surface area contributed by atoms with Crippen molar-refractivity contribution < 1.29 is 4.79 Å². The number of fused-ring (bicyclic) bond motifs is 1. The number of nitrogens with one attached hydrogen (secondary N) is 2. The van der Waals surface area contributed by atoms with Gasteiger partial charge in [0.25, 0.3) is 5.91 Å². The Kier molecular flexibility index (Phi) is 5.26. The number of likely N-dealkylation sites (tertiary alicyclic amines) is 1. The molecule has 0 radical (unpaired) electrons. The van der Waals surface area contributed by atoms with Crippen LogP contribution in [0.25, 0.3) is 0 Å². The molecule has 7 nitrogen and oxygen atoms in total. The van der Waals surface area contributed by atoms with Gasteiger partial charge >= 0.3 is 0 Å². The van der Waals surface area contributed by atoms with Crippen LogP contribution in [0, 0.1) is 0 Å². The molecule has 0 unspecified atom stereocenters. The first-order valence-electron chi connectivity index (χ1n) is 9.50. The van der Waals surface area contributed by atoms with Gasteiger partial charge in [0.05, 0.1) is 12.6 Å². The number of piperidine rings is 1. The normalized spacial score (nSPS) is 18.9. The van der Waals surface area contributed by atoms with Crippen molar-refractivity contribution in [3.63, 3.8) is 0 Å². The Hall–Kier alpha value is -2.25. The number of pyridine rings is 1. The van der Waals surface area contributed by atoms with E-state index >= 15 is 0 Å². The predicted molar refractivity (Wildman–Crippen MR) is 98.7 cm³/mol. The SMILES string of the molecule is O=C(NC[C@H](c1cccnc1)N1CCCCC1)c1cn2c(n1)CNCC2. The van der Waals surface area contributed by atoms with E-state index in [0.29, 0.717) is 12.2 Å². The highest BCUT2D eigenvalue weighted by atomic mass is 16.1. The summed E-state index contributed by atoms with van der Waals surface area (Å²) in [7, 11) is 0. The molecule has 0 spiro atoms. The molecule has 1 saturated heterocycles. The fourth-order valence-electron chi connectivity index (χ4n) is 3.84. The summed E-state index contributed by atoms with van der Waals surface area (Å²) in [6.45, 7) is 5.22. The molecule has 4 rings (SSSR count). The summed E-state index contributed by atoms with van der Waals surface area (Å²) in [4.78, 5) is 23.8. The molecular formula is C19H26N6O. The van der Waals surface area contributed by atoms with Gasteiger partial charge < -0.3 is 15.2 Å². The molecule has 1 atom stereocenters. The minimum absolute atomic E-state index is 0.0993. The second-order valence-electron chi connectivity index (χ2n) is 7.02. The molecule has 2 aromatic rings. The van der Waals surface area contributed by atoms with E-state index in [0.717, 1.165) is 44.1 Å². The monoisotopic (exact) mass is 354 g/mol. The summed E-state index contributed by atoms with van der Waals surface area (Å²) < 4.78 is 2.06. The van der Waals surface area contributed by atoms with Gasteiger partial charge in [-0.1, -0.05) is 12.5 Å². The molecule has 2 N–H and O–H groups in total. The fraction of sp³-hybridized carbons (Fsp3) is 0.526. The third-order valence-electron chi connectivity index (χ3n) is 5.26. The Morgan fingerprint density at radius 3 is 2.92 bits per heavy atom. The summed E-state index contributed by atoms with van der Waals surface area (Å²) in [5.41, 5.74) is 1.66. The topological polar surface area (TPSA) is 75.1 Å². The molecule has 26 heavy (non-hydrogen) atoms. The van der Waals surface area contributed by atoms with Gasteiger partial charge in [-0.05, 0) is 37.6 Å². The van der Waals surface area contributed by atoms with Gasteiger partial charge in [-0.3, -0.25) is 14.7 Å². The Balaban J connectivity index is 1.45. The second kappa shape index (κ2) is 7.97. The predicted octanol–water partition coefficient (Wildman–Crippen LogP) is 1.34. The van der Waals surface area contributed by atoms with Crippen molar-refractivity contribution in [1.29, 1.82) is 0 Å². The van der Waals surface area contributed by atoms with Crippen LogP contribution in [-0.2, 0) is 13.1 Å². The van der Waals surface area contributed by atoms with E-state index in [1.807, 2.05) is 18.5 Å². The minimum Gasteiger partial charge on any atom is -0.349 e. The van der Waals surface area contributed by atoms with Crippen LogP contribution in [-0.4, -0.2) is 51.5 Å². The van der Waals surface area contributed by atoms with Gasteiger partial charge in [-0.15, -0.1) is 0 Å². The molecule has 2 aliphatic rings. The number of carbonyl (C=O) groups is 1. The highest BCUT2D eigenvalue weighted by molar-refractivity contribution is 5.92. The average molecular weight is 354 g/mol. The maximum atomic E-state index is 12.6. The molecular weight excluding hydrogens is 328 g/mol. The Morgan fingerprint density at radius 2 is 2.15 bits per heavy atom. The van der Waals surface area contributed by atoms with Crippen LogP contribution in [0.3, 0.4) is 0 Å². The van der Waals surface area contributed by atoms with Crippen LogP contribution in [0.1, 0.15) is 47.2 Å². The molecule has 2 aliphatic heterocycles. The minimum atomic E-state index is -0.0993. The lowest BCUT2D eigenvalue weighted by Crippen LogP contribution is -2.40. The van der Waals surface area contributed by atoms with Crippen molar-refractivity contribution in [3.8, 4) is 0 Å². The van der Waals surface area contributed by atoms with E-state index in [9.17, 15) is 4.79 Å². The zero-order valence-corrected chi connectivity index (χ0v) is 15.0. The van der Waals surface area contributed by atoms with Crippen LogP contribution >= 0.6 is 0 Å². The summed E-state index contributed by atoms with van der Waals surface area (Å²) in [5, 5.41) is 6.38. The van der Waals surface area contributed by atoms with E-state index in [1.54, 1.807) is 6.20 Å². The summed E-state index contributed by atoms with van der Waals surface area (Å²) in [6.07, 6.45) is 9.28. The van der Waals surface area contributed by atoms with Crippen molar-refractivity contribution in [1.82, 2.24) is 30.1 Å². The van der Waals surface area contributed by atoms with Crippen molar-refractivity contribution in [2.75, 3.05) is 26.2 Å². The highest BCUT2D eigenvalue weighted by Crippen LogP contribution is 2.23. The third-order valence-corrected chi connectivity index (χ3v) is 5.26. The maximum absolute atomic E-state index is 12.6. The van der Waals surface area contributed by atoms with Crippen LogP contribution in [0.15, 0.2) is 30.7 Å². The van der Waals surface area contributed by atoms with Gasteiger partial charge in [0, 0.05) is 38.2 Å². The zero-order valence-electron chi connectivity index (χ0n) is 15.0. The van der Waals surface area contributed by atoms with Crippen molar-refractivity contribution in [2.24, 2.45) is 0 Å². The number of hydrogen-bond donors (Lipinski definition) is 2. The molecule has 0 saturated carbocycles. The lowest BCUT2D eigenvalue weighted by molar-refractivity contribution is 0.0919. The molecule has 0 aliphatic carbocycles. The molecule has 4 heterocycles. The summed E-state index contributed by atoms with van der Waals surface area (Å²) >= 11 is 0. The first-order valence-corrected chi connectivity index (χ1v) is 9.50. The van der Waals surface area contributed by atoms with Gasteiger partial charge in [0.2, 0.25) is 0 Å². The quantitative estimate of drug-likeness (QED) is 0.847. The third kappa shape index (κ3) is 3.78. The lowest BCUT2D eigenvalue weighted by Gasteiger charge is -2.34. The average Bonchev–Trinajstić information content (AvgIpc) is 3.14. The molecule has 0 bridgehead atoms. The summed E-state index contributed by atoms with van der Waals surface area (Å²) in [6, 6.07) is 4.22. The van der Waals surface area contributed by atoms with Crippen molar-refractivity contribution in [3.05, 3.63) is 47.8 Å². The Bertz CT molecular complexity index is 714. The van der Waals surface area contributed by atoms with Gasteiger partial charge in [0.15, 0.2) is 0 Å². The number of amides is 1. The van der Waals surface area contributed by atoms with Crippen LogP contribution in [0.2, 0.25) is 0 Å². The van der Waals surface area contributed by atoms with E-state index in [2.05, 4.69) is 36.1 Å². The first-order chi connectivity index (χ1) is 12.8. The smallest absolute Gasteiger partial charge is 0.271 e. The van der Waals surface area contributed by atoms with Gasteiger partial charge in [0.1, 0.15) is 11.5 Å². The molecule has 138 valence electrons. The van der Waals surface area contributed by atoms with Gasteiger partial charge in [-0.25, -0.2) is 4.98 Å². The van der Waals surface area contributed by atoms with E-state index < -0.39 is 0 Å². The number of rotatable bonds is 5. The van der Waals surface area contributed by atoms with Crippen molar-refractivity contribution in [2.45, 2.75) is 38.4 Å². The first kappa shape index (κ1) is 17.2. The molecule has 1 amide bonds. The standard InChI is InChI=1S/C19H26N6O/c26-19(16-14-25-10-7-21-13-18(25)23-16)22-12-17(15-5-4-6-20-11-15)24-8-2-1-3-9-24/h4-6,11,14,17,21H,1-3,7-10,12-13H2,(H,22,26)/t17-/m1/s1. The number of aromatic nitrogens is 3. The highest BCUT2D eigenvalue weighted by Gasteiger charge is 2.24. The van der Waals surface area contributed by atoms with Crippen LogP contribution in [0.4, 0.5) is 0 Å². The maximum Gasteiger partial charge on any atom is 0.271 e. The zero-order chi connectivity index (χ0) is 17.8. The van der Waals surface area contributed by atoms with Crippen LogP contribution < -0.4 is 10.6 Å². The molecule has 2 aromatic heterocycles. The number of carbonyl (C=O) groups excluding carboxylic acids is 1. The van der Waals surface area contributed by atoms with Crippen LogP contribution in [0.5, 0.6) is 0 Å². The Morgan fingerprint density at radius 1 is 1.27 bits per heavy atom. The molecule has 1 fully saturated rings. The molecule has 0 aromatic carbocycles. The second-order valence-corrected chi connectivity index (χ2v) is 7.02. The number of nitrogens with zero attached hydrogens (tertiary/aromatic N) is 4. The number of hydrogen-bond acceptors (Lipinski definition) is 5. The largest absolute Gasteiger partial charge is 0.349 e. The summed E-state index contributed by atoms with van der Waals surface area (Å²) in [5.74, 6) is 0.832. The van der Waals surface area contributed by atoms with Gasteiger partial charge in [-0.2, -0.15) is 0 Å². The van der Waals surface area contributed by atoms with Crippen molar-refractivity contribution >= 4 is 5.91 Å². The fourth-order valence-corrected chi connectivity index (χ4v) is 3.84. The lowest BCUT2D eigenvalue weighted by atomic mass is 10.0.